The predicted molar refractivity (Wildman–Crippen MR) is 95.3 cm³/mol. The van der Waals surface area contributed by atoms with Gasteiger partial charge in [0.1, 0.15) is 23.3 Å². The predicted octanol–water partition coefficient (Wildman–Crippen LogP) is 3.92. The lowest BCUT2D eigenvalue weighted by molar-refractivity contribution is 0.0986. The number of Topliss-reactive ketones (excluding diaryl/α,β-unsaturated/α-hetero) is 1. The second-order valence-electron chi connectivity index (χ2n) is 5.52. The fourth-order valence-corrected chi connectivity index (χ4v) is 2.44. The molecule has 3 aromatic heterocycles. The van der Waals surface area contributed by atoms with Crippen molar-refractivity contribution in [1.82, 2.24) is 15.0 Å². The molecule has 0 fully saturated rings. The van der Waals surface area contributed by atoms with Crippen LogP contribution in [0.1, 0.15) is 27.4 Å². The fraction of sp³-hybridized carbons (Fsp3) is 0.105. The maximum Gasteiger partial charge on any atom is 0.187 e. The highest BCUT2D eigenvalue weighted by atomic mass is 35.5. The Morgan fingerprint density at radius 3 is 2.73 bits per heavy atom. The first-order valence-corrected chi connectivity index (χ1v) is 8.06. The third-order valence-electron chi connectivity index (χ3n) is 3.42. The summed E-state index contributed by atoms with van der Waals surface area (Å²) in [5.74, 6) is 0.743. The van der Waals surface area contributed by atoms with E-state index in [9.17, 15) is 4.79 Å². The van der Waals surface area contributed by atoms with Gasteiger partial charge in [0.2, 0.25) is 0 Å². The first kappa shape index (κ1) is 17.5. The van der Waals surface area contributed by atoms with Crippen LogP contribution in [0.25, 0.3) is 0 Å². The Morgan fingerprint density at radius 1 is 1.19 bits per heavy atom. The number of aromatic nitrogens is 3. The van der Waals surface area contributed by atoms with Gasteiger partial charge in [0, 0.05) is 42.0 Å². The molecule has 0 spiro atoms. The zero-order valence-corrected chi connectivity index (χ0v) is 14.6. The molecule has 0 aliphatic carbocycles. The highest BCUT2D eigenvalue weighted by molar-refractivity contribution is 6.30. The van der Waals surface area contributed by atoms with Crippen molar-refractivity contribution < 1.29 is 9.53 Å². The molecular formula is C19H13ClN4O2. The van der Waals surface area contributed by atoms with Gasteiger partial charge in [-0.2, -0.15) is 5.26 Å². The molecule has 0 radical (unpaired) electrons. The van der Waals surface area contributed by atoms with Crippen LogP contribution in [0.4, 0.5) is 0 Å². The van der Waals surface area contributed by atoms with Gasteiger partial charge in [0.25, 0.3) is 0 Å². The van der Waals surface area contributed by atoms with Crippen molar-refractivity contribution in [2.75, 3.05) is 0 Å². The van der Waals surface area contributed by atoms with Gasteiger partial charge in [-0.25, -0.2) is 4.98 Å². The first-order chi connectivity index (χ1) is 12.5. The van der Waals surface area contributed by atoms with Gasteiger partial charge in [0.15, 0.2) is 5.78 Å². The molecule has 3 aromatic rings. The minimum absolute atomic E-state index is 0.0837. The van der Waals surface area contributed by atoms with E-state index >= 15 is 0 Å². The lowest BCUT2D eigenvalue weighted by atomic mass is 10.1. The smallest absolute Gasteiger partial charge is 0.187 e. The number of hydrogen-bond donors (Lipinski definition) is 0. The number of ether oxygens (including phenoxy) is 1. The molecule has 6 nitrogen and oxygen atoms in total. The van der Waals surface area contributed by atoms with E-state index in [1.54, 1.807) is 37.3 Å². The van der Waals surface area contributed by atoms with E-state index in [0.717, 1.165) is 0 Å². The monoisotopic (exact) mass is 364 g/mol. The van der Waals surface area contributed by atoms with Crippen LogP contribution in [0.3, 0.4) is 0 Å². The molecule has 0 aromatic carbocycles. The molecule has 0 saturated heterocycles. The van der Waals surface area contributed by atoms with Crippen LogP contribution in [-0.4, -0.2) is 20.7 Å². The van der Waals surface area contributed by atoms with Crippen molar-refractivity contribution in [3.05, 3.63) is 76.6 Å². The van der Waals surface area contributed by atoms with Crippen LogP contribution in [0.2, 0.25) is 5.02 Å². The fourth-order valence-electron chi connectivity index (χ4n) is 2.27. The average Bonchev–Trinajstić information content (AvgIpc) is 2.62. The number of carbonyl (C=O) groups excluding carboxylic acids is 1. The highest BCUT2D eigenvalue weighted by Gasteiger charge is 2.13. The third-order valence-corrected chi connectivity index (χ3v) is 3.63. The van der Waals surface area contributed by atoms with E-state index in [0.29, 0.717) is 33.5 Å². The molecule has 0 amide bonds. The van der Waals surface area contributed by atoms with Gasteiger partial charge in [-0.3, -0.25) is 14.8 Å². The first-order valence-electron chi connectivity index (χ1n) is 7.69. The van der Waals surface area contributed by atoms with E-state index in [-0.39, 0.29) is 17.9 Å². The average molecular weight is 365 g/mol. The number of hydrogen-bond acceptors (Lipinski definition) is 6. The maximum absolute atomic E-state index is 12.5. The maximum atomic E-state index is 12.5. The number of aryl methyl sites for hydroxylation is 1. The summed E-state index contributed by atoms with van der Waals surface area (Å²) < 4.78 is 5.72. The minimum Gasteiger partial charge on any atom is -0.456 e. The van der Waals surface area contributed by atoms with Crippen molar-refractivity contribution in [1.29, 1.82) is 5.26 Å². The lowest BCUT2D eigenvalue weighted by Crippen LogP contribution is -2.08. The summed E-state index contributed by atoms with van der Waals surface area (Å²) in [5.41, 5.74) is 1.94. The molecule has 0 N–H and O–H groups in total. The van der Waals surface area contributed by atoms with Gasteiger partial charge in [-0.15, -0.1) is 0 Å². The Morgan fingerprint density at radius 2 is 2.04 bits per heavy atom. The van der Waals surface area contributed by atoms with Crippen molar-refractivity contribution in [3.63, 3.8) is 0 Å². The largest absolute Gasteiger partial charge is 0.456 e. The number of carbonyl (C=O) groups is 1. The number of nitriles is 1. The van der Waals surface area contributed by atoms with Crippen LogP contribution < -0.4 is 4.74 Å². The van der Waals surface area contributed by atoms with Crippen molar-refractivity contribution in [3.8, 4) is 17.6 Å². The van der Waals surface area contributed by atoms with Gasteiger partial charge >= 0.3 is 0 Å². The molecule has 26 heavy (non-hydrogen) atoms. The number of halogens is 1. The Labute approximate surface area is 155 Å². The molecule has 0 aliphatic heterocycles. The molecule has 0 bridgehead atoms. The van der Waals surface area contributed by atoms with E-state index in [1.807, 2.05) is 6.07 Å². The number of pyridine rings is 3. The second kappa shape index (κ2) is 7.72. The molecule has 0 aliphatic rings. The summed E-state index contributed by atoms with van der Waals surface area (Å²) in [6, 6.07) is 10.2. The van der Waals surface area contributed by atoms with Gasteiger partial charge in [-0.1, -0.05) is 11.6 Å². The second-order valence-corrected chi connectivity index (χ2v) is 5.96. The lowest BCUT2D eigenvalue weighted by Gasteiger charge is -2.08. The Balaban J connectivity index is 1.79. The summed E-state index contributed by atoms with van der Waals surface area (Å²) in [6.07, 6.45) is 4.56. The van der Waals surface area contributed by atoms with Crippen LogP contribution in [0, 0.1) is 18.3 Å². The van der Waals surface area contributed by atoms with Crippen LogP contribution >= 0.6 is 11.6 Å². The van der Waals surface area contributed by atoms with Gasteiger partial charge in [0.05, 0.1) is 23.2 Å². The molecule has 0 saturated carbocycles. The summed E-state index contributed by atoms with van der Waals surface area (Å²) in [7, 11) is 0. The molecular weight excluding hydrogens is 352 g/mol. The SMILES string of the molecule is Cc1cc(Oc2cncc(Cl)c2)cc(C(=O)Cc2ccc(C#N)cn2)n1. The zero-order chi connectivity index (χ0) is 18.5. The van der Waals surface area contributed by atoms with E-state index in [2.05, 4.69) is 15.0 Å². The van der Waals surface area contributed by atoms with Gasteiger partial charge in [-0.05, 0) is 19.1 Å². The summed E-state index contributed by atoms with van der Waals surface area (Å²) in [5, 5.41) is 9.25. The van der Waals surface area contributed by atoms with Crippen LogP contribution in [0.15, 0.2) is 48.9 Å². The zero-order valence-electron chi connectivity index (χ0n) is 13.8. The van der Waals surface area contributed by atoms with Gasteiger partial charge < -0.3 is 4.74 Å². The molecule has 7 heteroatoms. The number of rotatable bonds is 5. The summed E-state index contributed by atoms with van der Waals surface area (Å²) in [6.45, 7) is 1.78. The number of nitrogens with zero attached hydrogens (tertiary/aromatic N) is 4. The Kier molecular flexibility index (Phi) is 5.20. The third kappa shape index (κ3) is 4.41. The normalized spacial score (nSPS) is 10.2. The van der Waals surface area contributed by atoms with Crippen LogP contribution in [0.5, 0.6) is 11.5 Å². The van der Waals surface area contributed by atoms with Crippen molar-refractivity contribution in [2.45, 2.75) is 13.3 Å². The van der Waals surface area contributed by atoms with Crippen molar-refractivity contribution in [2.24, 2.45) is 0 Å². The van der Waals surface area contributed by atoms with E-state index in [1.165, 1.54) is 18.6 Å². The van der Waals surface area contributed by atoms with Crippen LogP contribution in [-0.2, 0) is 6.42 Å². The Hall–Kier alpha value is -3.30. The molecule has 0 atom stereocenters. The molecule has 0 unspecified atom stereocenters. The molecule has 3 rings (SSSR count). The minimum atomic E-state index is -0.194. The quantitative estimate of drug-likeness (QED) is 0.637. The molecule has 128 valence electrons. The van der Waals surface area contributed by atoms with Crippen molar-refractivity contribution >= 4 is 17.4 Å². The standard InChI is InChI=1S/C19H13ClN4O2/c1-12-4-16(26-17-5-14(20)10-22-11-17)7-18(24-12)19(25)6-15-3-2-13(8-21)9-23-15/h2-5,7,9-11H,6H2,1H3. The summed E-state index contributed by atoms with van der Waals surface area (Å²) in [4.78, 5) is 24.9. The van der Waals surface area contributed by atoms with E-state index < -0.39 is 0 Å². The number of ketones is 1. The Bertz CT molecular complexity index is 997. The highest BCUT2D eigenvalue weighted by Crippen LogP contribution is 2.24. The molecule has 3 heterocycles. The topological polar surface area (TPSA) is 88.8 Å². The summed E-state index contributed by atoms with van der Waals surface area (Å²) >= 11 is 5.90. The van der Waals surface area contributed by atoms with E-state index in [4.69, 9.17) is 21.6 Å².